The summed E-state index contributed by atoms with van der Waals surface area (Å²) >= 11 is 0. The van der Waals surface area contributed by atoms with E-state index in [1.54, 1.807) is 6.33 Å². The maximum Gasteiger partial charge on any atom is 0.145 e. The molecule has 0 saturated heterocycles. The van der Waals surface area contributed by atoms with Crippen LogP contribution in [0.3, 0.4) is 0 Å². The predicted octanol–water partition coefficient (Wildman–Crippen LogP) is 4.49. The second kappa shape index (κ2) is 11.7. The van der Waals surface area contributed by atoms with Crippen molar-refractivity contribution in [2.75, 3.05) is 32.8 Å². The summed E-state index contributed by atoms with van der Waals surface area (Å²) in [6.07, 6.45) is 2.89. The van der Waals surface area contributed by atoms with E-state index in [2.05, 4.69) is 59.0 Å². The molecule has 0 aliphatic heterocycles. The quantitative estimate of drug-likeness (QED) is 0.293. The molecule has 33 heavy (non-hydrogen) atoms. The Bertz CT molecular complexity index is 997. The van der Waals surface area contributed by atoms with Crippen LogP contribution in [0.4, 0.5) is 0 Å². The third kappa shape index (κ3) is 7.36. The molecule has 3 aromatic rings. The van der Waals surface area contributed by atoms with E-state index in [-0.39, 0.29) is 6.61 Å². The van der Waals surface area contributed by atoms with Crippen LogP contribution in [-0.2, 0) is 11.5 Å². The number of hydrogen-bond acceptors (Lipinski definition) is 6. The molecule has 0 spiro atoms. The van der Waals surface area contributed by atoms with Gasteiger partial charge in [-0.05, 0) is 55.0 Å². The molecule has 0 fully saturated rings. The minimum absolute atomic E-state index is 0.274. The van der Waals surface area contributed by atoms with Crippen LogP contribution >= 0.6 is 0 Å². The summed E-state index contributed by atoms with van der Waals surface area (Å²) in [5.74, 6) is 0.742. The number of ether oxygens (including phenoxy) is 2. The lowest BCUT2D eigenvalue weighted by Gasteiger charge is -2.22. The van der Waals surface area contributed by atoms with Gasteiger partial charge in [-0.15, -0.1) is 0 Å². The van der Waals surface area contributed by atoms with Crippen molar-refractivity contribution >= 4 is 19.1 Å². The van der Waals surface area contributed by atoms with Gasteiger partial charge in [0.15, 0.2) is 0 Å². The molecule has 1 aromatic carbocycles. The monoisotopic (exact) mass is 470 g/mol. The van der Waals surface area contributed by atoms with Crippen LogP contribution in [0.25, 0.3) is 22.3 Å². The van der Waals surface area contributed by atoms with Gasteiger partial charge in [0.25, 0.3) is 0 Å². The highest BCUT2D eigenvalue weighted by Crippen LogP contribution is 2.28. The Labute approximate surface area is 198 Å². The fraction of sp³-hybridized carbons (Fsp3) is 0.520. The molecule has 1 N–H and O–H groups in total. The van der Waals surface area contributed by atoms with Crippen LogP contribution < -0.4 is 4.74 Å². The van der Waals surface area contributed by atoms with Gasteiger partial charge < -0.3 is 24.0 Å². The van der Waals surface area contributed by atoms with E-state index in [4.69, 9.17) is 9.47 Å². The van der Waals surface area contributed by atoms with Crippen LogP contribution in [-0.4, -0.2) is 71.6 Å². The SMILES string of the molecule is CCN(CC)C[C@@H](O)COc1ccc(-c2cc3cncnc3n2COCC[Si](C)(C)C)cc1. The van der Waals surface area contributed by atoms with Crippen molar-refractivity contribution < 1.29 is 14.6 Å². The van der Waals surface area contributed by atoms with Crippen molar-refractivity contribution in [1.29, 1.82) is 0 Å². The molecular formula is C25H38N4O3Si. The Morgan fingerprint density at radius 1 is 1.12 bits per heavy atom. The minimum atomic E-state index is -1.14. The highest BCUT2D eigenvalue weighted by atomic mass is 28.3. The second-order valence-corrected chi connectivity index (χ2v) is 15.2. The first-order valence-corrected chi connectivity index (χ1v) is 15.5. The third-order valence-electron chi connectivity index (χ3n) is 5.73. The number of aromatic nitrogens is 3. The molecule has 7 nitrogen and oxygen atoms in total. The van der Waals surface area contributed by atoms with Gasteiger partial charge in [0.1, 0.15) is 37.2 Å². The van der Waals surface area contributed by atoms with Gasteiger partial charge in [0.2, 0.25) is 0 Å². The van der Waals surface area contributed by atoms with Gasteiger partial charge in [-0.2, -0.15) is 0 Å². The fourth-order valence-corrected chi connectivity index (χ4v) is 4.41. The van der Waals surface area contributed by atoms with Gasteiger partial charge in [0.05, 0.1) is 5.69 Å². The average Bonchev–Trinajstić information content (AvgIpc) is 3.17. The van der Waals surface area contributed by atoms with Crippen LogP contribution in [0.15, 0.2) is 42.9 Å². The van der Waals surface area contributed by atoms with Crippen molar-refractivity contribution in [1.82, 2.24) is 19.4 Å². The zero-order chi connectivity index (χ0) is 23.8. The van der Waals surface area contributed by atoms with Crippen LogP contribution in [0.5, 0.6) is 5.75 Å². The predicted molar refractivity (Wildman–Crippen MR) is 136 cm³/mol. The third-order valence-corrected chi connectivity index (χ3v) is 7.43. The van der Waals surface area contributed by atoms with E-state index >= 15 is 0 Å². The van der Waals surface area contributed by atoms with E-state index in [1.807, 2.05) is 30.5 Å². The molecule has 1 atom stereocenters. The van der Waals surface area contributed by atoms with Crippen molar-refractivity contribution in [3.8, 4) is 17.0 Å². The molecule has 0 saturated carbocycles. The number of benzene rings is 1. The summed E-state index contributed by atoms with van der Waals surface area (Å²) in [6, 6.07) is 11.2. The molecule has 2 aromatic heterocycles. The molecule has 0 aliphatic rings. The molecule has 0 radical (unpaired) electrons. The molecule has 3 rings (SSSR count). The van der Waals surface area contributed by atoms with E-state index < -0.39 is 14.2 Å². The molecule has 0 aliphatic carbocycles. The zero-order valence-corrected chi connectivity index (χ0v) is 21.6. The lowest BCUT2D eigenvalue weighted by molar-refractivity contribution is 0.0716. The Balaban J connectivity index is 1.69. The Kier molecular flexibility index (Phi) is 9.02. The lowest BCUT2D eigenvalue weighted by Crippen LogP contribution is -2.35. The largest absolute Gasteiger partial charge is 0.491 e. The molecule has 180 valence electrons. The standard InChI is InChI=1S/C25H38N4O3Si/c1-6-28(7-2)16-22(30)17-32-23-10-8-20(9-11-23)24-14-21-15-26-18-27-25(21)29(24)19-31-12-13-33(3,4)5/h8-11,14-15,18,22,30H,6-7,12-13,16-17,19H2,1-5H3/t22-/m1/s1. The average molecular weight is 471 g/mol. The summed E-state index contributed by atoms with van der Waals surface area (Å²) in [4.78, 5) is 10.8. The lowest BCUT2D eigenvalue weighted by atomic mass is 10.1. The van der Waals surface area contributed by atoms with E-state index in [0.29, 0.717) is 13.3 Å². The molecular weight excluding hydrogens is 432 g/mol. The molecule has 2 heterocycles. The summed E-state index contributed by atoms with van der Waals surface area (Å²) in [6.45, 7) is 15.2. The Morgan fingerprint density at radius 2 is 1.85 bits per heavy atom. The maximum absolute atomic E-state index is 10.3. The molecule has 0 amide bonds. The van der Waals surface area contributed by atoms with Gasteiger partial charge in [-0.25, -0.2) is 9.97 Å². The number of aliphatic hydroxyl groups is 1. The first kappa shape index (κ1) is 25.4. The Morgan fingerprint density at radius 3 is 2.52 bits per heavy atom. The van der Waals surface area contributed by atoms with Crippen molar-refractivity contribution in [3.63, 3.8) is 0 Å². The van der Waals surface area contributed by atoms with Gasteiger partial charge in [0, 0.05) is 32.8 Å². The zero-order valence-electron chi connectivity index (χ0n) is 20.6. The fourth-order valence-electron chi connectivity index (χ4n) is 3.65. The number of rotatable bonds is 13. The van der Waals surface area contributed by atoms with E-state index in [9.17, 15) is 5.11 Å². The summed E-state index contributed by atoms with van der Waals surface area (Å²) in [5.41, 5.74) is 2.96. The van der Waals surface area contributed by atoms with Gasteiger partial charge in [-0.3, -0.25) is 0 Å². The number of nitrogens with zero attached hydrogens (tertiary/aromatic N) is 4. The minimum Gasteiger partial charge on any atom is -0.491 e. The van der Waals surface area contributed by atoms with Crippen molar-refractivity contribution in [2.24, 2.45) is 0 Å². The van der Waals surface area contributed by atoms with E-state index in [1.165, 1.54) is 0 Å². The van der Waals surface area contributed by atoms with E-state index in [0.717, 1.165) is 53.8 Å². The second-order valence-electron chi connectivity index (χ2n) is 9.58. The number of fused-ring (bicyclic) bond motifs is 1. The maximum atomic E-state index is 10.3. The first-order valence-electron chi connectivity index (χ1n) is 11.8. The first-order chi connectivity index (χ1) is 15.8. The molecule has 0 unspecified atom stereocenters. The van der Waals surface area contributed by atoms with Crippen LogP contribution in [0.2, 0.25) is 25.7 Å². The molecule has 0 bridgehead atoms. The Hall–Kier alpha value is -2.26. The normalized spacial score (nSPS) is 13.1. The van der Waals surface area contributed by atoms with Crippen LogP contribution in [0, 0.1) is 0 Å². The van der Waals surface area contributed by atoms with Gasteiger partial charge in [-0.1, -0.05) is 33.5 Å². The number of hydrogen-bond donors (Lipinski definition) is 1. The van der Waals surface area contributed by atoms with Crippen molar-refractivity contribution in [3.05, 3.63) is 42.9 Å². The smallest absolute Gasteiger partial charge is 0.145 e. The molecule has 8 heteroatoms. The number of aliphatic hydroxyl groups excluding tert-OH is 1. The highest BCUT2D eigenvalue weighted by molar-refractivity contribution is 6.76. The number of likely N-dealkylation sites (N-methyl/N-ethyl adjacent to an activating group) is 1. The summed E-state index contributed by atoms with van der Waals surface area (Å²) in [5, 5.41) is 11.2. The summed E-state index contributed by atoms with van der Waals surface area (Å²) in [7, 11) is -1.14. The van der Waals surface area contributed by atoms with Crippen molar-refractivity contribution in [2.45, 2.75) is 52.4 Å². The van der Waals surface area contributed by atoms with Crippen LogP contribution in [0.1, 0.15) is 13.8 Å². The topological polar surface area (TPSA) is 72.6 Å². The highest BCUT2D eigenvalue weighted by Gasteiger charge is 2.15. The summed E-state index contributed by atoms with van der Waals surface area (Å²) < 4.78 is 14.0. The van der Waals surface area contributed by atoms with Gasteiger partial charge >= 0.3 is 0 Å².